The zero-order valence-electron chi connectivity index (χ0n) is 11.9. The SMILES string of the molecule is Cc1ccc(-c2ccc(-c3ccccc3C#N)cc2)cc1. The molecule has 1 heteroatoms. The summed E-state index contributed by atoms with van der Waals surface area (Å²) in [5, 5.41) is 9.19. The molecule has 0 aliphatic carbocycles. The highest BCUT2D eigenvalue weighted by Crippen LogP contribution is 2.27. The minimum absolute atomic E-state index is 0.709. The Bertz CT molecular complexity index is 790. The maximum absolute atomic E-state index is 9.19. The maximum Gasteiger partial charge on any atom is 0.0998 e. The molecule has 0 heterocycles. The van der Waals surface area contributed by atoms with Gasteiger partial charge < -0.3 is 0 Å². The second-order valence-electron chi connectivity index (χ2n) is 5.10. The van der Waals surface area contributed by atoms with Crippen LogP contribution in [0.25, 0.3) is 22.3 Å². The van der Waals surface area contributed by atoms with Crippen molar-refractivity contribution in [2.24, 2.45) is 0 Å². The normalized spacial score (nSPS) is 10.1. The third kappa shape index (κ3) is 2.70. The summed E-state index contributed by atoms with van der Waals surface area (Å²) in [4.78, 5) is 0. The Labute approximate surface area is 125 Å². The molecule has 0 bridgehead atoms. The topological polar surface area (TPSA) is 23.8 Å². The van der Waals surface area contributed by atoms with Crippen LogP contribution in [0.5, 0.6) is 0 Å². The first-order valence-electron chi connectivity index (χ1n) is 6.94. The highest BCUT2D eigenvalue weighted by molar-refractivity contribution is 5.74. The van der Waals surface area contributed by atoms with E-state index in [4.69, 9.17) is 0 Å². The fourth-order valence-corrected chi connectivity index (χ4v) is 2.42. The van der Waals surface area contributed by atoms with Crippen molar-refractivity contribution in [3.05, 3.63) is 83.9 Å². The average Bonchev–Trinajstić information content (AvgIpc) is 2.56. The van der Waals surface area contributed by atoms with Crippen LogP contribution in [-0.4, -0.2) is 0 Å². The number of nitrogens with zero attached hydrogens (tertiary/aromatic N) is 1. The van der Waals surface area contributed by atoms with Crippen molar-refractivity contribution in [1.82, 2.24) is 0 Å². The highest BCUT2D eigenvalue weighted by Gasteiger charge is 2.04. The first-order chi connectivity index (χ1) is 10.3. The summed E-state index contributed by atoms with van der Waals surface area (Å²) >= 11 is 0. The molecule has 21 heavy (non-hydrogen) atoms. The van der Waals surface area contributed by atoms with Gasteiger partial charge in [0.15, 0.2) is 0 Å². The first kappa shape index (κ1) is 13.1. The van der Waals surface area contributed by atoms with Gasteiger partial charge in [-0.2, -0.15) is 5.26 Å². The van der Waals surface area contributed by atoms with Gasteiger partial charge in [-0.3, -0.25) is 0 Å². The Morgan fingerprint density at radius 1 is 0.667 bits per heavy atom. The van der Waals surface area contributed by atoms with E-state index in [1.54, 1.807) is 0 Å². The van der Waals surface area contributed by atoms with E-state index < -0.39 is 0 Å². The molecule has 0 fully saturated rings. The van der Waals surface area contributed by atoms with E-state index in [-0.39, 0.29) is 0 Å². The Balaban J connectivity index is 1.98. The third-order valence-electron chi connectivity index (χ3n) is 3.63. The van der Waals surface area contributed by atoms with Crippen LogP contribution in [-0.2, 0) is 0 Å². The minimum Gasteiger partial charge on any atom is -0.192 e. The molecule has 1 nitrogen and oxygen atoms in total. The molecular formula is C20H15N. The van der Waals surface area contributed by atoms with E-state index in [1.165, 1.54) is 16.7 Å². The Kier molecular flexibility index (Phi) is 3.53. The summed E-state index contributed by atoms with van der Waals surface area (Å²) in [5.74, 6) is 0. The van der Waals surface area contributed by atoms with Crippen molar-refractivity contribution in [2.75, 3.05) is 0 Å². The first-order valence-corrected chi connectivity index (χ1v) is 6.94. The van der Waals surface area contributed by atoms with E-state index in [9.17, 15) is 5.26 Å². The van der Waals surface area contributed by atoms with E-state index in [0.29, 0.717) is 5.56 Å². The molecule has 0 aliphatic rings. The van der Waals surface area contributed by atoms with Crippen LogP contribution in [0.1, 0.15) is 11.1 Å². The van der Waals surface area contributed by atoms with E-state index >= 15 is 0 Å². The fraction of sp³-hybridized carbons (Fsp3) is 0.0500. The number of rotatable bonds is 2. The van der Waals surface area contributed by atoms with E-state index in [2.05, 4.69) is 61.5 Å². The number of hydrogen-bond donors (Lipinski definition) is 0. The molecule has 0 saturated heterocycles. The van der Waals surface area contributed by atoms with Crippen LogP contribution in [0.3, 0.4) is 0 Å². The molecule has 0 spiro atoms. The van der Waals surface area contributed by atoms with Gasteiger partial charge in [0, 0.05) is 0 Å². The summed E-state index contributed by atoms with van der Waals surface area (Å²) < 4.78 is 0. The van der Waals surface area contributed by atoms with Gasteiger partial charge in [-0.1, -0.05) is 72.3 Å². The molecule has 3 aromatic carbocycles. The van der Waals surface area contributed by atoms with Crippen molar-refractivity contribution in [3.63, 3.8) is 0 Å². The largest absolute Gasteiger partial charge is 0.192 e. The van der Waals surface area contributed by atoms with Gasteiger partial charge in [-0.25, -0.2) is 0 Å². The van der Waals surface area contributed by atoms with Gasteiger partial charge in [0.1, 0.15) is 0 Å². The molecule has 0 amide bonds. The number of benzene rings is 3. The predicted molar refractivity (Wildman–Crippen MR) is 86.8 cm³/mol. The molecule has 0 aromatic heterocycles. The number of nitriles is 1. The van der Waals surface area contributed by atoms with Gasteiger partial charge in [0.05, 0.1) is 11.6 Å². The molecule has 0 N–H and O–H groups in total. The Hall–Kier alpha value is -2.85. The fourth-order valence-electron chi connectivity index (χ4n) is 2.42. The molecule has 0 unspecified atom stereocenters. The van der Waals surface area contributed by atoms with Crippen molar-refractivity contribution in [3.8, 4) is 28.3 Å². The zero-order chi connectivity index (χ0) is 14.7. The van der Waals surface area contributed by atoms with Crippen molar-refractivity contribution >= 4 is 0 Å². The predicted octanol–water partition coefficient (Wildman–Crippen LogP) is 5.20. The van der Waals surface area contributed by atoms with Gasteiger partial charge in [0.25, 0.3) is 0 Å². The summed E-state index contributed by atoms with van der Waals surface area (Å²) in [5.41, 5.74) is 6.42. The lowest BCUT2D eigenvalue weighted by atomic mass is 9.97. The number of aryl methyl sites for hydroxylation is 1. The second kappa shape index (κ2) is 5.64. The standard InChI is InChI=1S/C20H15N/c1-15-6-8-16(9-7-15)17-10-12-18(13-11-17)20-5-3-2-4-19(20)14-21/h2-13H,1H3. The smallest absolute Gasteiger partial charge is 0.0998 e. The van der Waals surface area contributed by atoms with Crippen LogP contribution in [0, 0.1) is 18.3 Å². The average molecular weight is 269 g/mol. The van der Waals surface area contributed by atoms with Crippen molar-refractivity contribution in [1.29, 1.82) is 5.26 Å². The third-order valence-corrected chi connectivity index (χ3v) is 3.63. The molecule has 0 atom stereocenters. The molecule has 100 valence electrons. The lowest BCUT2D eigenvalue weighted by Crippen LogP contribution is -1.84. The summed E-state index contributed by atoms with van der Waals surface area (Å²) in [6, 6.07) is 26.8. The van der Waals surface area contributed by atoms with Crippen LogP contribution in [0.4, 0.5) is 0 Å². The second-order valence-corrected chi connectivity index (χ2v) is 5.10. The molecule has 3 aromatic rings. The summed E-state index contributed by atoms with van der Waals surface area (Å²) in [7, 11) is 0. The monoisotopic (exact) mass is 269 g/mol. The van der Waals surface area contributed by atoms with Gasteiger partial charge in [-0.15, -0.1) is 0 Å². The van der Waals surface area contributed by atoms with Gasteiger partial charge >= 0.3 is 0 Å². The molecule has 0 radical (unpaired) electrons. The van der Waals surface area contributed by atoms with Crippen LogP contribution in [0.15, 0.2) is 72.8 Å². The molecular weight excluding hydrogens is 254 g/mol. The highest BCUT2D eigenvalue weighted by atomic mass is 14.2. The zero-order valence-corrected chi connectivity index (χ0v) is 11.9. The quantitative estimate of drug-likeness (QED) is 0.627. The summed E-state index contributed by atoms with van der Waals surface area (Å²) in [6.07, 6.45) is 0. The van der Waals surface area contributed by atoms with Crippen LogP contribution < -0.4 is 0 Å². The Morgan fingerprint density at radius 2 is 1.19 bits per heavy atom. The molecule has 0 aliphatic heterocycles. The summed E-state index contributed by atoms with van der Waals surface area (Å²) in [6.45, 7) is 2.09. The van der Waals surface area contributed by atoms with Crippen LogP contribution >= 0.6 is 0 Å². The van der Waals surface area contributed by atoms with E-state index in [0.717, 1.165) is 11.1 Å². The molecule has 0 saturated carbocycles. The Morgan fingerprint density at radius 3 is 1.81 bits per heavy atom. The van der Waals surface area contributed by atoms with Crippen molar-refractivity contribution in [2.45, 2.75) is 6.92 Å². The van der Waals surface area contributed by atoms with Crippen molar-refractivity contribution < 1.29 is 0 Å². The van der Waals surface area contributed by atoms with Crippen LogP contribution in [0.2, 0.25) is 0 Å². The lowest BCUT2D eigenvalue weighted by Gasteiger charge is -2.06. The number of hydrogen-bond acceptors (Lipinski definition) is 1. The molecule has 3 rings (SSSR count). The minimum atomic E-state index is 0.709. The van der Waals surface area contributed by atoms with Gasteiger partial charge in [-0.05, 0) is 35.2 Å². The lowest BCUT2D eigenvalue weighted by molar-refractivity contribution is 1.46. The maximum atomic E-state index is 9.19. The van der Waals surface area contributed by atoms with Gasteiger partial charge in [0.2, 0.25) is 0 Å². The van der Waals surface area contributed by atoms with E-state index in [1.807, 2.05) is 24.3 Å².